The van der Waals surface area contributed by atoms with Gasteiger partial charge in [0.2, 0.25) is 0 Å². The van der Waals surface area contributed by atoms with E-state index in [1.807, 2.05) is 79.0 Å². The second-order valence-electron chi connectivity index (χ2n) is 9.06. The van der Waals surface area contributed by atoms with Crippen LogP contribution in [0.3, 0.4) is 0 Å². The molecule has 1 saturated carbocycles. The number of para-hydroxylation sites is 2. The highest BCUT2D eigenvalue weighted by molar-refractivity contribution is 5.97. The molecule has 6 rings (SSSR count). The Morgan fingerprint density at radius 1 is 1.03 bits per heavy atom. The number of aromatic nitrogens is 3. The fourth-order valence-corrected chi connectivity index (χ4v) is 4.42. The van der Waals surface area contributed by atoms with Crippen LogP contribution in [0.25, 0.3) is 27.9 Å². The lowest BCUT2D eigenvalue weighted by molar-refractivity contribution is 0.0976. The molecule has 0 aliphatic heterocycles. The van der Waals surface area contributed by atoms with Gasteiger partial charge in [-0.05, 0) is 48.6 Å². The molecular formula is C29H23N5O. The van der Waals surface area contributed by atoms with Gasteiger partial charge in [0.1, 0.15) is 0 Å². The Hall–Kier alpha value is -4.50. The van der Waals surface area contributed by atoms with Gasteiger partial charge in [0.25, 0.3) is 0 Å². The van der Waals surface area contributed by atoms with Crippen LogP contribution in [0.5, 0.6) is 0 Å². The second kappa shape index (κ2) is 8.69. The second-order valence-corrected chi connectivity index (χ2v) is 9.06. The highest BCUT2D eigenvalue weighted by Gasteiger charge is 2.25. The summed E-state index contributed by atoms with van der Waals surface area (Å²) in [4.78, 5) is 22.1. The fourth-order valence-electron chi connectivity index (χ4n) is 4.42. The summed E-state index contributed by atoms with van der Waals surface area (Å²) in [6.07, 6.45) is 4.86. The van der Waals surface area contributed by atoms with Gasteiger partial charge in [0.05, 0.1) is 34.6 Å². The quantitative estimate of drug-likeness (QED) is 0.302. The normalized spacial score (nSPS) is 13.1. The van der Waals surface area contributed by atoms with Gasteiger partial charge >= 0.3 is 0 Å². The number of benzene rings is 3. The van der Waals surface area contributed by atoms with Crippen molar-refractivity contribution in [2.75, 3.05) is 5.32 Å². The molecule has 1 N–H and O–H groups in total. The van der Waals surface area contributed by atoms with E-state index in [9.17, 15) is 4.79 Å². The number of nitrogens with zero attached hydrogens (tertiary/aromatic N) is 4. The number of nitrogens with one attached hydrogen (secondary N) is 1. The molecule has 1 aliphatic rings. The van der Waals surface area contributed by atoms with Crippen molar-refractivity contribution in [1.29, 1.82) is 5.26 Å². The Kier molecular flexibility index (Phi) is 5.23. The van der Waals surface area contributed by atoms with Crippen LogP contribution in [0.2, 0.25) is 0 Å². The topological polar surface area (TPSA) is 83.1 Å². The van der Waals surface area contributed by atoms with Crippen LogP contribution in [0.15, 0.2) is 79.0 Å². The molecule has 35 heavy (non-hydrogen) atoms. The third-order valence-electron chi connectivity index (χ3n) is 6.55. The van der Waals surface area contributed by atoms with Gasteiger partial charge in [-0.15, -0.1) is 0 Å². The van der Waals surface area contributed by atoms with E-state index >= 15 is 0 Å². The van der Waals surface area contributed by atoms with E-state index < -0.39 is 0 Å². The molecular weight excluding hydrogens is 434 g/mol. The fraction of sp³-hybridized carbons (Fsp3) is 0.172. The van der Waals surface area contributed by atoms with E-state index in [2.05, 4.69) is 15.8 Å². The number of imidazole rings is 1. The number of anilines is 1. The molecule has 0 unspecified atom stereocenters. The predicted molar refractivity (Wildman–Crippen MR) is 136 cm³/mol. The van der Waals surface area contributed by atoms with Crippen molar-refractivity contribution in [2.24, 2.45) is 5.92 Å². The van der Waals surface area contributed by atoms with E-state index in [0.717, 1.165) is 39.1 Å². The number of fused-ring (bicyclic) bond motifs is 3. The number of carbonyl (C=O) groups excluding carboxylic acids is 1. The highest BCUT2D eigenvalue weighted by Crippen LogP contribution is 2.34. The van der Waals surface area contributed by atoms with Crippen LogP contribution < -0.4 is 5.32 Å². The van der Waals surface area contributed by atoms with Crippen molar-refractivity contribution in [3.8, 4) is 17.3 Å². The van der Waals surface area contributed by atoms with E-state index in [0.29, 0.717) is 30.3 Å². The first kappa shape index (κ1) is 21.1. The minimum absolute atomic E-state index is 0.223. The van der Waals surface area contributed by atoms with Gasteiger partial charge in [-0.25, -0.2) is 9.97 Å². The molecule has 0 radical (unpaired) electrons. The van der Waals surface area contributed by atoms with Crippen molar-refractivity contribution in [3.63, 3.8) is 0 Å². The first-order valence-electron chi connectivity index (χ1n) is 11.8. The lowest BCUT2D eigenvalue weighted by Crippen LogP contribution is -2.05. The summed E-state index contributed by atoms with van der Waals surface area (Å²) in [5.74, 6) is 1.49. The van der Waals surface area contributed by atoms with Gasteiger partial charge in [-0.3, -0.25) is 9.20 Å². The van der Waals surface area contributed by atoms with Crippen molar-refractivity contribution in [1.82, 2.24) is 14.4 Å². The summed E-state index contributed by atoms with van der Waals surface area (Å²) >= 11 is 0. The Morgan fingerprint density at radius 2 is 1.80 bits per heavy atom. The summed E-state index contributed by atoms with van der Waals surface area (Å²) in [6.45, 7) is 0.562. The summed E-state index contributed by atoms with van der Waals surface area (Å²) < 4.78 is 2.12. The van der Waals surface area contributed by atoms with Crippen LogP contribution in [0.4, 0.5) is 5.82 Å². The Labute approximate surface area is 202 Å². The molecule has 2 aromatic heterocycles. The molecule has 6 nitrogen and oxygen atoms in total. The van der Waals surface area contributed by atoms with Crippen LogP contribution in [0, 0.1) is 17.2 Å². The molecule has 2 heterocycles. The number of nitriles is 1. The van der Waals surface area contributed by atoms with Crippen LogP contribution in [-0.4, -0.2) is 20.2 Å². The molecule has 6 heteroatoms. The predicted octanol–water partition coefficient (Wildman–Crippen LogP) is 6.02. The van der Waals surface area contributed by atoms with Crippen LogP contribution in [-0.2, 0) is 6.54 Å². The zero-order chi connectivity index (χ0) is 23.8. The van der Waals surface area contributed by atoms with Gasteiger partial charge in [-0.2, -0.15) is 5.26 Å². The van der Waals surface area contributed by atoms with E-state index in [4.69, 9.17) is 15.2 Å². The number of hydrogen-bond donors (Lipinski definition) is 1. The number of Topliss-reactive ketones (excluding diaryl/α,β-unsaturated/α-hetero) is 1. The minimum atomic E-state index is 0.223. The molecule has 170 valence electrons. The van der Waals surface area contributed by atoms with Gasteiger partial charge < -0.3 is 5.32 Å². The van der Waals surface area contributed by atoms with Gasteiger partial charge in [0.15, 0.2) is 17.2 Å². The highest BCUT2D eigenvalue weighted by atomic mass is 16.1. The maximum atomic E-state index is 12.5. The minimum Gasteiger partial charge on any atom is -0.363 e. The Balaban J connectivity index is 1.37. The van der Waals surface area contributed by atoms with E-state index in [1.165, 1.54) is 12.8 Å². The molecule has 0 saturated heterocycles. The average molecular weight is 458 g/mol. The van der Waals surface area contributed by atoms with E-state index in [1.54, 1.807) is 0 Å². The molecule has 1 fully saturated rings. The maximum Gasteiger partial charge on any atom is 0.181 e. The third kappa shape index (κ3) is 4.13. The SMILES string of the molecule is N#Cc1ccc(CNc2nc3ccccc3n3c(-c4ccc(C(=O)CC5CC5)cc4)cnc23)cc1. The van der Waals surface area contributed by atoms with Crippen molar-refractivity contribution in [2.45, 2.75) is 25.8 Å². The zero-order valence-corrected chi connectivity index (χ0v) is 19.1. The zero-order valence-electron chi connectivity index (χ0n) is 19.1. The summed E-state index contributed by atoms with van der Waals surface area (Å²) in [5, 5.41) is 12.5. The number of ketones is 1. The van der Waals surface area contributed by atoms with Gasteiger partial charge in [0, 0.05) is 24.1 Å². The molecule has 5 aromatic rings. The van der Waals surface area contributed by atoms with Gasteiger partial charge in [-0.1, -0.05) is 48.5 Å². The molecule has 0 atom stereocenters. The largest absolute Gasteiger partial charge is 0.363 e. The van der Waals surface area contributed by atoms with Crippen LogP contribution in [0.1, 0.15) is 40.7 Å². The number of hydrogen-bond acceptors (Lipinski definition) is 5. The molecule has 0 spiro atoms. The molecule has 0 bridgehead atoms. The first-order chi connectivity index (χ1) is 17.2. The molecule has 0 amide bonds. The summed E-state index contributed by atoms with van der Waals surface area (Å²) in [5.41, 5.74) is 6.96. The molecule has 3 aromatic carbocycles. The maximum absolute atomic E-state index is 12.5. The van der Waals surface area contributed by atoms with Crippen molar-refractivity contribution < 1.29 is 4.79 Å². The standard InChI is InChI=1S/C29H23N5O/c30-16-20-7-9-21(10-8-20)17-31-28-29-32-18-26(34(29)25-4-2-1-3-24(25)33-28)22-11-13-23(14-12-22)27(35)15-19-5-6-19/h1-4,7-14,18-19H,5-6,15,17H2,(H,31,33). The summed E-state index contributed by atoms with van der Waals surface area (Å²) in [6, 6.07) is 25.5. The lowest BCUT2D eigenvalue weighted by atomic mass is 10.0. The Morgan fingerprint density at radius 3 is 2.54 bits per heavy atom. The monoisotopic (exact) mass is 457 g/mol. The number of rotatable bonds is 7. The van der Waals surface area contributed by atoms with E-state index in [-0.39, 0.29) is 5.78 Å². The number of carbonyl (C=O) groups is 1. The Bertz CT molecular complexity index is 1590. The first-order valence-corrected chi connectivity index (χ1v) is 11.8. The third-order valence-corrected chi connectivity index (χ3v) is 6.55. The van der Waals surface area contributed by atoms with Crippen LogP contribution >= 0.6 is 0 Å². The summed E-state index contributed by atoms with van der Waals surface area (Å²) in [7, 11) is 0. The van der Waals surface area contributed by atoms with Crippen molar-refractivity contribution >= 4 is 28.3 Å². The molecule has 1 aliphatic carbocycles. The average Bonchev–Trinajstić information content (AvgIpc) is 3.61. The lowest BCUT2D eigenvalue weighted by Gasteiger charge is -2.12. The smallest absolute Gasteiger partial charge is 0.181 e. The van der Waals surface area contributed by atoms with Crippen molar-refractivity contribution in [3.05, 3.63) is 95.7 Å².